The first kappa shape index (κ1) is 13.6. The molecule has 0 radical (unpaired) electrons. The molecule has 0 saturated carbocycles. The lowest BCUT2D eigenvalue weighted by Crippen LogP contribution is -2.17. The van der Waals surface area contributed by atoms with Crippen LogP contribution in [-0.2, 0) is 12.7 Å². The molecule has 0 aliphatic heterocycles. The molecule has 19 heavy (non-hydrogen) atoms. The van der Waals surface area contributed by atoms with E-state index in [1.807, 2.05) is 0 Å². The zero-order valence-corrected chi connectivity index (χ0v) is 9.31. The SMILES string of the molecule is Nc1ccc2c(ccn2CC(F)(F)F)c1C(F)(F)F. The van der Waals surface area contributed by atoms with Crippen LogP contribution in [0, 0.1) is 0 Å². The Kier molecular flexibility index (Phi) is 2.91. The maximum atomic E-state index is 12.8. The Morgan fingerprint density at radius 1 is 1.00 bits per heavy atom. The minimum atomic E-state index is -4.71. The highest BCUT2D eigenvalue weighted by atomic mass is 19.4. The van der Waals surface area contributed by atoms with Gasteiger partial charge in [0.05, 0.1) is 5.56 Å². The molecule has 0 bridgehead atoms. The Balaban J connectivity index is 2.64. The summed E-state index contributed by atoms with van der Waals surface area (Å²) in [6, 6.07) is 3.09. The van der Waals surface area contributed by atoms with E-state index in [2.05, 4.69) is 0 Å². The zero-order valence-electron chi connectivity index (χ0n) is 9.31. The molecule has 1 aromatic heterocycles. The van der Waals surface area contributed by atoms with Gasteiger partial charge in [-0.05, 0) is 18.2 Å². The number of nitrogen functional groups attached to an aromatic ring is 1. The van der Waals surface area contributed by atoms with Gasteiger partial charge in [0, 0.05) is 22.8 Å². The molecule has 2 nitrogen and oxygen atoms in total. The number of nitrogens with zero attached hydrogens (tertiary/aromatic N) is 1. The summed E-state index contributed by atoms with van der Waals surface area (Å²) >= 11 is 0. The van der Waals surface area contributed by atoms with Gasteiger partial charge in [0.2, 0.25) is 0 Å². The number of benzene rings is 1. The highest BCUT2D eigenvalue weighted by Gasteiger charge is 2.36. The Bertz CT molecular complexity index is 608. The number of alkyl halides is 6. The molecule has 1 aromatic carbocycles. The highest BCUT2D eigenvalue weighted by Crippen LogP contribution is 2.39. The van der Waals surface area contributed by atoms with E-state index in [4.69, 9.17) is 5.73 Å². The molecule has 0 saturated heterocycles. The Labute approximate surface area is 103 Å². The Morgan fingerprint density at radius 2 is 1.63 bits per heavy atom. The molecule has 2 rings (SSSR count). The number of rotatable bonds is 1. The van der Waals surface area contributed by atoms with E-state index >= 15 is 0 Å². The maximum Gasteiger partial charge on any atom is 0.419 e. The molecule has 0 spiro atoms. The molecule has 2 aromatic rings. The first-order chi connectivity index (χ1) is 8.59. The topological polar surface area (TPSA) is 30.9 Å². The second-order valence-corrected chi connectivity index (χ2v) is 4.02. The highest BCUT2D eigenvalue weighted by molar-refractivity contribution is 5.88. The van der Waals surface area contributed by atoms with E-state index in [1.54, 1.807) is 0 Å². The van der Waals surface area contributed by atoms with Crippen LogP contribution in [0.1, 0.15) is 5.56 Å². The lowest BCUT2D eigenvalue weighted by atomic mass is 10.1. The van der Waals surface area contributed by atoms with Gasteiger partial charge in [-0.3, -0.25) is 0 Å². The quantitative estimate of drug-likeness (QED) is 0.626. The van der Waals surface area contributed by atoms with Crippen molar-refractivity contribution in [1.82, 2.24) is 4.57 Å². The van der Waals surface area contributed by atoms with Gasteiger partial charge < -0.3 is 10.3 Å². The molecule has 0 aliphatic carbocycles. The summed E-state index contributed by atoms with van der Waals surface area (Å²) in [5, 5.41) is -0.336. The van der Waals surface area contributed by atoms with Crippen molar-refractivity contribution in [2.75, 3.05) is 5.73 Å². The van der Waals surface area contributed by atoms with E-state index in [1.165, 1.54) is 0 Å². The van der Waals surface area contributed by atoms with Gasteiger partial charge in [0.15, 0.2) is 0 Å². The minimum absolute atomic E-state index is 0.154. The fourth-order valence-corrected chi connectivity index (χ4v) is 1.94. The van der Waals surface area contributed by atoms with Crippen molar-refractivity contribution in [3.05, 3.63) is 30.0 Å². The normalized spacial score (nSPS) is 13.2. The van der Waals surface area contributed by atoms with Crippen LogP contribution in [-0.4, -0.2) is 10.7 Å². The summed E-state index contributed by atoms with van der Waals surface area (Å²) in [7, 11) is 0. The van der Waals surface area contributed by atoms with Crippen LogP contribution >= 0.6 is 0 Å². The molecule has 0 aliphatic rings. The lowest BCUT2D eigenvalue weighted by molar-refractivity contribution is -0.139. The van der Waals surface area contributed by atoms with Crippen LogP contribution < -0.4 is 5.73 Å². The Morgan fingerprint density at radius 3 is 2.16 bits per heavy atom. The van der Waals surface area contributed by atoms with Crippen molar-refractivity contribution in [1.29, 1.82) is 0 Å². The third-order valence-corrected chi connectivity index (χ3v) is 2.62. The predicted molar refractivity (Wildman–Crippen MR) is 57.4 cm³/mol. The minimum Gasteiger partial charge on any atom is -0.398 e. The van der Waals surface area contributed by atoms with Gasteiger partial charge in [0.25, 0.3) is 0 Å². The zero-order chi connectivity index (χ0) is 14.4. The van der Waals surface area contributed by atoms with Gasteiger partial charge >= 0.3 is 12.4 Å². The Hall–Kier alpha value is -1.86. The van der Waals surface area contributed by atoms with Crippen LogP contribution in [0.15, 0.2) is 24.4 Å². The van der Waals surface area contributed by atoms with E-state index < -0.39 is 30.1 Å². The van der Waals surface area contributed by atoms with Crippen molar-refractivity contribution in [2.45, 2.75) is 18.9 Å². The largest absolute Gasteiger partial charge is 0.419 e. The van der Waals surface area contributed by atoms with E-state index in [9.17, 15) is 26.3 Å². The smallest absolute Gasteiger partial charge is 0.398 e. The van der Waals surface area contributed by atoms with Gasteiger partial charge in [-0.2, -0.15) is 26.3 Å². The van der Waals surface area contributed by atoms with Gasteiger partial charge in [-0.15, -0.1) is 0 Å². The summed E-state index contributed by atoms with van der Waals surface area (Å²) in [6.45, 7) is -1.35. The van der Waals surface area contributed by atoms with Gasteiger partial charge in [-0.25, -0.2) is 0 Å². The first-order valence-electron chi connectivity index (χ1n) is 5.11. The number of hydrogen-bond acceptors (Lipinski definition) is 1. The summed E-state index contributed by atoms with van der Waals surface area (Å²) in [5.74, 6) is 0. The molecular weight excluding hydrogens is 274 g/mol. The summed E-state index contributed by atoms with van der Waals surface area (Å²) in [5.41, 5.74) is 3.49. The van der Waals surface area contributed by atoms with Crippen molar-refractivity contribution in [2.24, 2.45) is 0 Å². The van der Waals surface area contributed by atoms with Gasteiger partial charge in [-0.1, -0.05) is 0 Å². The molecular formula is C11H8F6N2. The fraction of sp³-hybridized carbons (Fsp3) is 0.273. The van der Waals surface area contributed by atoms with Crippen molar-refractivity contribution in [3.8, 4) is 0 Å². The van der Waals surface area contributed by atoms with E-state index in [0.717, 1.165) is 24.4 Å². The van der Waals surface area contributed by atoms with E-state index in [0.29, 0.717) is 4.57 Å². The summed E-state index contributed by atoms with van der Waals surface area (Å²) in [4.78, 5) is 0. The number of nitrogens with two attached hydrogens (primary N) is 1. The number of anilines is 1. The molecule has 0 atom stereocenters. The van der Waals surface area contributed by atoms with Crippen LogP contribution in [0.4, 0.5) is 32.0 Å². The molecule has 0 amide bonds. The first-order valence-corrected chi connectivity index (χ1v) is 5.11. The number of aromatic nitrogens is 1. The summed E-state index contributed by atoms with van der Waals surface area (Å²) < 4.78 is 76.0. The number of hydrogen-bond donors (Lipinski definition) is 1. The molecule has 2 N–H and O–H groups in total. The van der Waals surface area contributed by atoms with Crippen molar-refractivity contribution < 1.29 is 26.3 Å². The molecule has 0 fully saturated rings. The second-order valence-electron chi connectivity index (χ2n) is 4.02. The second kappa shape index (κ2) is 4.07. The number of halogens is 6. The van der Waals surface area contributed by atoms with Crippen molar-refractivity contribution in [3.63, 3.8) is 0 Å². The monoisotopic (exact) mass is 282 g/mol. The van der Waals surface area contributed by atoms with Crippen LogP contribution in [0.3, 0.4) is 0 Å². The average Bonchev–Trinajstić information content (AvgIpc) is 2.56. The van der Waals surface area contributed by atoms with Crippen LogP contribution in [0.5, 0.6) is 0 Å². The van der Waals surface area contributed by atoms with Crippen LogP contribution in [0.2, 0.25) is 0 Å². The fourth-order valence-electron chi connectivity index (χ4n) is 1.94. The van der Waals surface area contributed by atoms with E-state index in [-0.39, 0.29) is 10.9 Å². The van der Waals surface area contributed by atoms with Crippen molar-refractivity contribution >= 4 is 16.6 Å². The number of fused-ring (bicyclic) bond motifs is 1. The van der Waals surface area contributed by atoms with Crippen LogP contribution in [0.25, 0.3) is 10.9 Å². The molecule has 0 unspecified atom stereocenters. The lowest BCUT2D eigenvalue weighted by Gasteiger charge is -2.13. The molecule has 104 valence electrons. The molecule has 1 heterocycles. The third kappa shape index (κ3) is 2.61. The van der Waals surface area contributed by atoms with Gasteiger partial charge in [0.1, 0.15) is 6.54 Å². The standard InChI is InChI=1S/C11H8F6N2/c12-10(13,14)5-19-4-3-6-8(19)2-1-7(18)9(6)11(15,16)17/h1-4H,5,18H2. The predicted octanol–water partition coefficient (Wildman–Crippen LogP) is 3.80. The average molecular weight is 282 g/mol. The molecule has 8 heteroatoms. The summed E-state index contributed by atoms with van der Waals surface area (Å²) in [6.07, 6.45) is -8.26. The third-order valence-electron chi connectivity index (χ3n) is 2.62. The maximum absolute atomic E-state index is 12.8.